The fourth-order valence-electron chi connectivity index (χ4n) is 5.70. The maximum atomic E-state index is 14.4. The molecule has 0 heterocycles. The molecule has 0 N–H and O–H groups in total. The van der Waals surface area contributed by atoms with Gasteiger partial charge < -0.3 is 13.6 Å². The molecule has 47 heavy (non-hydrogen) atoms. The molecule has 0 aliphatic heterocycles. The van der Waals surface area contributed by atoms with Crippen LogP contribution in [0.2, 0.25) is 0 Å². The van der Waals surface area contributed by atoms with Crippen LogP contribution in [0.25, 0.3) is 0 Å². The zero-order chi connectivity index (χ0) is 32.6. The van der Waals surface area contributed by atoms with E-state index in [2.05, 4.69) is 57.2 Å². The van der Waals surface area contributed by atoms with Gasteiger partial charge in [-0.25, -0.2) is 0 Å². The number of phosphoric ester groups is 1. The largest absolute Gasteiger partial charge is 0.647 e. The number of hydrogen-bond donors (Lipinski definition) is 0. The van der Waals surface area contributed by atoms with E-state index in [1.165, 1.54) is 16.7 Å². The van der Waals surface area contributed by atoms with Crippen LogP contribution in [0, 0.1) is 0 Å². The highest BCUT2D eigenvalue weighted by molar-refractivity contribution is 7.49. The summed E-state index contributed by atoms with van der Waals surface area (Å²) in [5, 5.41) is 0. The van der Waals surface area contributed by atoms with E-state index in [1.54, 1.807) is 0 Å². The van der Waals surface area contributed by atoms with Crippen molar-refractivity contribution in [1.82, 2.24) is 0 Å². The molecule has 3 unspecified atom stereocenters. The van der Waals surface area contributed by atoms with E-state index in [0.717, 1.165) is 16.7 Å². The molecule has 6 aromatic carbocycles. The van der Waals surface area contributed by atoms with E-state index < -0.39 is 7.82 Å². The first-order valence-corrected chi connectivity index (χ1v) is 17.5. The summed E-state index contributed by atoms with van der Waals surface area (Å²) in [4.78, 5) is 0. The van der Waals surface area contributed by atoms with Gasteiger partial charge in [-0.3, -0.25) is 0 Å². The van der Waals surface area contributed by atoms with Crippen LogP contribution in [0.4, 0.5) is 0 Å². The second-order valence-electron chi connectivity index (χ2n) is 11.8. The van der Waals surface area contributed by atoms with Crippen molar-refractivity contribution >= 4 is 7.82 Å². The first-order valence-electron chi connectivity index (χ1n) is 16.0. The second kappa shape index (κ2) is 14.6. The molecule has 0 aromatic heterocycles. The van der Waals surface area contributed by atoms with Gasteiger partial charge in [0.05, 0.1) is 0 Å². The Labute approximate surface area is 278 Å². The van der Waals surface area contributed by atoms with Crippen LogP contribution in [0.1, 0.15) is 71.9 Å². The molecule has 0 aliphatic carbocycles. The number of phosphoric acid groups is 1. The van der Waals surface area contributed by atoms with E-state index in [9.17, 15) is 4.57 Å². The molecule has 0 saturated carbocycles. The molecule has 0 aliphatic rings. The van der Waals surface area contributed by atoms with Crippen molar-refractivity contribution in [2.24, 2.45) is 0 Å². The van der Waals surface area contributed by atoms with E-state index >= 15 is 0 Å². The monoisotopic (exact) mass is 638 g/mol. The molecule has 4 nitrogen and oxygen atoms in total. The van der Waals surface area contributed by atoms with Gasteiger partial charge in [0, 0.05) is 17.8 Å². The molecule has 3 atom stereocenters. The smallest absolute Gasteiger partial charge is 0.386 e. The Morgan fingerprint density at radius 3 is 0.787 bits per heavy atom. The number of benzene rings is 6. The Morgan fingerprint density at radius 1 is 0.340 bits per heavy atom. The molecular formula is C42H39O4P. The Bertz CT molecular complexity index is 1670. The normalized spacial score (nSPS) is 14.3. The van der Waals surface area contributed by atoms with Crippen LogP contribution in [0.5, 0.6) is 17.2 Å². The first-order chi connectivity index (χ1) is 22.9. The third-order valence-electron chi connectivity index (χ3n) is 8.69. The quantitative estimate of drug-likeness (QED) is 0.125. The van der Waals surface area contributed by atoms with Gasteiger partial charge in [-0.15, -0.1) is 0 Å². The molecule has 5 heteroatoms. The van der Waals surface area contributed by atoms with E-state index in [4.69, 9.17) is 13.6 Å². The first kappa shape index (κ1) is 31.9. The van der Waals surface area contributed by atoms with E-state index in [0.29, 0.717) is 17.2 Å². The molecule has 0 amide bonds. The summed E-state index contributed by atoms with van der Waals surface area (Å²) in [6, 6.07) is 53.7. The summed E-state index contributed by atoms with van der Waals surface area (Å²) in [6.07, 6.45) is 0. The van der Waals surface area contributed by atoms with E-state index in [1.807, 2.05) is 127 Å². The Kier molecular flexibility index (Phi) is 9.90. The lowest BCUT2D eigenvalue weighted by Crippen LogP contribution is -2.08. The molecular weight excluding hydrogens is 599 g/mol. The number of rotatable bonds is 12. The van der Waals surface area contributed by atoms with Gasteiger partial charge in [-0.05, 0) is 69.8 Å². The van der Waals surface area contributed by atoms with Gasteiger partial charge in [0.15, 0.2) is 0 Å². The average molecular weight is 639 g/mol. The van der Waals surface area contributed by atoms with Crippen LogP contribution >= 0.6 is 7.82 Å². The average Bonchev–Trinajstić information content (AvgIpc) is 3.12. The highest BCUT2D eigenvalue weighted by Gasteiger charge is 2.33. The third kappa shape index (κ3) is 8.03. The highest BCUT2D eigenvalue weighted by atomic mass is 31.2. The van der Waals surface area contributed by atoms with Gasteiger partial charge in [0.25, 0.3) is 0 Å². The summed E-state index contributed by atoms with van der Waals surface area (Å²) < 4.78 is 32.5. The summed E-state index contributed by atoms with van der Waals surface area (Å²) in [7, 11) is -4.18. The van der Waals surface area contributed by atoms with Crippen molar-refractivity contribution in [1.29, 1.82) is 0 Å². The van der Waals surface area contributed by atoms with Crippen molar-refractivity contribution in [2.45, 2.75) is 38.5 Å². The highest BCUT2D eigenvalue weighted by Crippen LogP contribution is 2.50. The summed E-state index contributed by atoms with van der Waals surface area (Å²) in [5.41, 5.74) is 7.00. The molecule has 0 radical (unpaired) electrons. The number of hydrogen-bond acceptors (Lipinski definition) is 4. The van der Waals surface area contributed by atoms with Crippen molar-refractivity contribution in [2.75, 3.05) is 0 Å². The predicted molar refractivity (Wildman–Crippen MR) is 191 cm³/mol. The van der Waals surface area contributed by atoms with Crippen molar-refractivity contribution in [3.05, 3.63) is 197 Å². The fourth-order valence-corrected chi connectivity index (χ4v) is 6.95. The SMILES string of the molecule is CC(c1ccccc1)c1ccc(OP(=O)(Oc2ccc(C(C)c3ccccc3)cc2)Oc2ccc(C(C)c3ccccc3)cc2)cc1. The molecule has 6 rings (SSSR count). The Hall–Kier alpha value is -5.05. The maximum Gasteiger partial charge on any atom is 0.647 e. The lowest BCUT2D eigenvalue weighted by atomic mass is 9.93. The molecule has 236 valence electrons. The van der Waals surface area contributed by atoms with Crippen LogP contribution < -0.4 is 13.6 Å². The summed E-state index contributed by atoms with van der Waals surface area (Å²) in [5.74, 6) is 1.75. The minimum absolute atomic E-state index is 0.193. The van der Waals surface area contributed by atoms with Crippen LogP contribution in [0.3, 0.4) is 0 Å². The van der Waals surface area contributed by atoms with E-state index in [-0.39, 0.29) is 17.8 Å². The van der Waals surface area contributed by atoms with Crippen LogP contribution in [-0.4, -0.2) is 0 Å². The predicted octanol–water partition coefficient (Wildman–Crippen LogP) is 11.8. The molecule has 0 fully saturated rings. The van der Waals surface area contributed by atoms with Gasteiger partial charge in [-0.1, -0.05) is 148 Å². The molecule has 0 bridgehead atoms. The third-order valence-corrected chi connectivity index (χ3v) is 9.99. The lowest BCUT2D eigenvalue weighted by Gasteiger charge is -2.21. The Morgan fingerprint density at radius 2 is 0.553 bits per heavy atom. The van der Waals surface area contributed by atoms with Crippen molar-refractivity contribution in [3.8, 4) is 17.2 Å². The second-order valence-corrected chi connectivity index (χ2v) is 13.3. The zero-order valence-corrected chi connectivity index (χ0v) is 27.8. The zero-order valence-electron chi connectivity index (χ0n) is 26.9. The molecule has 6 aromatic rings. The maximum absolute atomic E-state index is 14.4. The molecule has 0 spiro atoms. The minimum Gasteiger partial charge on any atom is -0.386 e. The topological polar surface area (TPSA) is 44.8 Å². The standard InChI is InChI=1S/C42H39O4P/c1-31(34-13-7-4-8-14-34)37-19-25-40(26-20-37)44-47(43,45-41-27-21-38(22-28-41)32(2)35-15-9-5-10-16-35)46-42-29-23-39(24-30-42)33(3)36-17-11-6-12-18-36/h4-33H,1-3H3. The lowest BCUT2D eigenvalue weighted by molar-refractivity contribution is 0.298. The van der Waals surface area contributed by atoms with Crippen LogP contribution in [0.15, 0.2) is 164 Å². The fraction of sp³-hybridized carbons (Fsp3) is 0.143. The summed E-state index contributed by atoms with van der Waals surface area (Å²) in [6.45, 7) is 6.48. The van der Waals surface area contributed by atoms with Gasteiger partial charge >= 0.3 is 7.82 Å². The molecule has 0 saturated heterocycles. The summed E-state index contributed by atoms with van der Waals surface area (Å²) >= 11 is 0. The Balaban J connectivity index is 1.23. The van der Waals surface area contributed by atoms with Crippen LogP contribution in [-0.2, 0) is 4.57 Å². The van der Waals surface area contributed by atoms with Crippen molar-refractivity contribution < 1.29 is 18.1 Å². The van der Waals surface area contributed by atoms with Gasteiger partial charge in [-0.2, -0.15) is 4.57 Å². The minimum atomic E-state index is -4.18. The van der Waals surface area contributed by atoms with Gasteiger partial charge in [0.2, 0.25) is 0 Å². The van der Waals surface area contributed by atoms with Gasteiger partial charge in [0.1, 0.15) is 17.2 Å². The van der Waals surface area contributed by atoms with Crippen molar-refractivity contribution in [3.63, 3.8) is 0 Å².